The van der Waals surface area contributed by atoms with E-state index in [1.807, 2.05) is 36.1 Å². The SMILES string of the molecule is Cc1ccnc(Nc2ccc(N3CCN(C(=O)c4ccncc4F)CC3)nn2)c1. The Kier molecular flexibility index (Phi) is 5.28. The Morgan fingerprint density at radius 2 is 1.86 bits per heavy atom. The molecular weight excluding hydrogens is 373 g/mol. The Morgan fingerprint density at radius 1 is 1.03 bits per heavy atom. The Hall–Kier alpha value is -3.62. The third kappa shape index (κ3) is 4.29. The summed E-state index contributed by atoms with van der Waals surface area (Å²) in [5, 5.41) is 11.6. The minimum Gasteiger partial charge on any atom is -0.352 e. The Bertz CT molecular complexity index is 1000. The van der Waals surface area contributed by atoms with E-state index in [1.54, 1.807) is 11.1 Å². The maximum Gasteiger partial charge on any atom is 0.257 e. The van der Waals surface area contributed by atoms with Crippen molar-refractivity contribution < 1.29 is 9.18 Å². The van der Waals surface area contributed by atoms with Crippen molar-refractivity contribution in [1.29, 1.82) is 0 Å². The molecule has 0 radical (unpaired) electrons. The number of hydrogen-bond acceptors (Lipinski definition) is 7. The maximum absolute atomic E-state index is 13.8. The molecule has 4 rings (SSSR count). The smallest absolute Gasteiger partial charge is 0.257 e. The highest BCUT2D eigenvalue weighted by Crippen LogP contribution is 2.18. The van der Waals surface area contributed by atoms with Gasteiger partial charge in [0.1, 0.15) is 5.82 Å². The molecule has 9 heteroatoms. The van der Waals surface area contributed by atoms with Crippen molar-refractivity contribution in [2.45, 2.75) is 6.92 Å². The first-order valence-electron chi connectivity index (χ1n) is 9.27. The van der Waals surface area contributed by atoms with E-state index in [0.29, 0.717) is 37.8 Å². The molecule has 1 fully saturated rings. The van der Waals surface area contributed by atoms with Crippen molar-refractivity contribution in [1.82, 2.24) is 25.1 Å². The number of anilines is 3. The summed E-state index contributed by atoms with van der Waals surface area (Å²) >= 11 is 0. The summed E-state index contributed by atoms with van der Waals surface area (Å²) in [6.45, 7) is 4.15. The van der Waals surface area contributed by atoms with E-state index in [-0.39, 0.29) is 11.5 Å². The molecule has 0 bridgehead atoms. The van der Waals surface area contributed by atoms with Gasteiger partial charge in [-0.3, -0.25) is 9.78 Å². The number of piperazine rings is 1. The molecule has 0 atom stereocenters. The summed E-state index contributed by atoms with van der Waals surface area (Å²) in [4.78, 5) is 24.1. The molecule has 0 saturated carbocycles. The molecular formula is C20H20FN7O. The maximum atomic E-state index is 13.8. The lowest BCUT2D eigenvalue weighted by atomic mass is 10.2. The number of aromatic nitrogens is 4. The molecule has 1 saturated heterocycles. The highest BCUT2D eigenvalue weighted by atomic mass is 19.1. The van der Waals surface area contributed by atoms with Crippen molar-refractivity contribution in [3.8, 4) is 0 Å². The van der Waals surface area contributed by atoms with Crippen molar-refractivity contribution in [2.75, 3.05) is 36.4 Å². The second-order valence-electron chi connectivity index (χ2n) is 6.75. The normalized spacial score (nSPS) is 14.0. The zero-order valence-electron chi connectivity index (χ0n) is 15.9. The third-order valence-corrected chi connectivity index (χ3v) is 4.72. The molecule has 8 nitrogen and oxygen atoms in total. The fourth-order valence-electron chi connectivity index (χ4n) is 3.15. The predicted molar refractivity (Wildman–Crippen MR) is 107 cm³/mol. The number of carbonyl (C=O) groups is 1. The van der Waals surface area contributed by atoms with Crippen LogP contribution in [0.2, 0.25) is 0 Å². The molecule has 1 N–H and O–H groups in total. The van der Waals surface area contributed by atoms with Crippen LogP contribution in [0.4, 0.5) is 21.8 Å². The topological polar surface area (TPSA) is 87.1 Å². The number of pyridine rings is 2. The molecule has 148 valence electrons. The third-order valence-electron chi connectivity index (χ3n) is 4.72. The molecule has 0 aliphatic carbocycles. The first kappa shape index (κ1) is 18.7. The van der Waals surface area contributed by atoms with Gasteiger partial charge in [-0.25, -0.2) is 9.37 Å². The summed E-state index contributed by atoms with van der Waals surface area (Å²) in [5.41, 5.74) is 1.15. The van der Waals surface area contributed by atoms with E-state index in [4.69, 9.17) is 0 Å². The number of halogens is 1. The number of amides is 1. The van der Waals surface area contributed by atoms with Crippen LogP contribution in [-0.2, 0) is 0 Å². The molecule has 1 aliphatic rings. The Balaban J connectivity index is 1.36. The van der Waals surface area contributed by atoms with Crippen LogP contribution >= 0.6 is 0 Å². The molecule has 1 amide bonds. The lowest BCUT2D eigenvalue weighted by molar-refractivity contribution is 0.0741. The van der Waals surface area contributed by atoms with Crippen LogP contribution < -0.4 is 10.2 Å². The number of aryl methyl sites for hydroxylation is 1. The van der Waals surface area contributed by atoms with Crippen molar-refractivity contribution in [3.05, 3.63) is 65.9 Å². The van der Waals surface area contributed by atoms with Crippen LogP contribution in [0.3, 0.4) is 0 Å². The summed E-state index contributed by atoms with van der Waals surface area (Å²) in [5.74, 6) is 1.13. The van der Waals surface area contributed by atoms with Gasteiger partial charge in [-0.05, 0) is 42.8 Å². The second-order valence-corrected chi connectivity index (χ2v) is 6.75. The standard InChI is InChI=1S/C20H20FN7O/c1-14-4-7-23-18(12-14)24-17-2-3-19(26-25-17)27-8-10-28(11-9-27)20(29)15-5-6-22-13-16(15)21/h2-7,12-13H,8-11H2,1H3,(H,23,24,25). The second kappa shape index (κ2) is 8.17. The summed E-state index contributed by atoms with van der Waals surface area (Å²) in [7, 11) is 0. The first-order chi connectivity index (χ1) is 14.1. The molecule has 0 aromatic carbocycles. The van der Waals surface area contributed by atoms with Crippen molar-refractivity contribution in [2.24, 2.45) is 0 Å². The van der Waals surface area contributed by atoms with Gasteiger partial charge in [0, 0.05) is 38.6 Å². The van der Waals surface area contributed by atoms with E-state index in [0.717, 1.165) is 17.6 Å². The van der Waals surface area contributed by atoms with Crippen LogP contribution in [0.25, 0.3) is 0 Å². The predicted octanol–water partition coefficient (Wildman–Crippen LogP) is 2.42. The van der Waals surface area contributed by atoms with E-state index in [1.165, 1.54) is 12.3 Å². The van der Waals surface area contributed by atoms with Gasteiger partial charge < -0.3 is 15.1 Å². The highest BCUT2D eigenvalue weighted by molar-refractivity contribution is 5.94. The van der Waals surface area contributed by atoms with Crippen molar-refractivity contribution in [3.63, 3.8) is 0 Å². The van der Waals surface area contributed by atoms with Crippen LogP contribution in [0.15, 0.2) is 48.9 Å². The average Bonchev–Trinajstić information content (AvgIpc) is 2.74. The molecule has 29 heavy (non-hydrogen) atoms. The van der Waals surface area contributed by atoms with Crippen LogP contribution in [0.1, 0.15) is 15.9 Å². The average molecular weight is 393 g/mol. The fraction of sp³-hybridized carbons (Fsp3) is 0.250. The van der Waals surface area contributed by atoms with E-state index in [9.17, 15) is 9.18 Å². The van der Waals surface area contributed by atoms with Crippen LogP contribution in [0, 0.1) is 12.7 Å². The quantitative estimate of drug-likeness (QED) is 0.728. The van der Waals surface area contributed by atoms with Gasteiger partial charge in [0.15, 0.2) is 17.5 Å². The Morgan fingerprint density at radius 3 is 2.55 bits per heavy atom. The highest BCUT2D eigenvalue weighted by Gasteiger charge is 2.24. The zero-order chi connectivity index (χ0) is 20.2. The summed E-state index contributed by atoms with van der Waals surface area (Å²) in [6, 6.07) is 8.98. The molecule has 3 aromatic rings. The van der Waals surface area contributed by atoms with Crippen molar-refractivity contribution >= 4 is 23.4 Å². The van der Waals surface area contributed by atoms with Crippen LogP contribution in [0.5, 0.6) is 0 Å². The van der Waals surface area contributed by atoms with Gasteiger partial charge in [0.2, 0.25) is 0 Å². The zero-order valence-corrected chi connectivity index (χ0v) is 15.9. The lowest BCUT2D eigenvalue weighted by Gasteiger charge is -2.35. The largest absolute Gasteiger partial charge is 0.352 e. The van der Waals surface area contributed by atoms with E-state index >= 15 is 0 Å². The number of carbonyl (C=O) groups excluding carboxylic acids is 1. The molecule has 1 aliphatic heterocycles. The minimum absolute atomic E-state index is 0.0495. The van der Waals surface area contributed by atoms with Gasteiger partial charge in [0.25, 0.3) is 5.91 Å². The van der Waals surface area contributed by atoms with E-state index < -0.39 is 5.82 Å². The van der Waals surface area contributed by atoms with Gasteiger partial charge in [-0.15, -0.1) is 10.2 Å². The van der Waals surface area contributed by atoms with Gasteiger partial charge >= 0.3 is 0 Å². The fourth-order valence-corrected chi connectivity index (χ4v) is 3.15. The van der Waals surface area contributed by atoms with Crippen LogP contribution in [-0.4, -0.2) is 57.2 Å². The lowest BCUT2D eigenvalue weighted by Crippen LogP contribution is -2.49. The molecule has 3 aromatic heterocycles. The number of nitrogens with zero attached hydrogens (tertiary/aromatic N) is 6. The van der Waals surface area contributed by atoms with Gasteiger partial charge in [0.05, 0.1) is 11.8 Å². The van der Waals surface area contributed by atoms with Gasteiger partial charge in [-0.1, -0.05) is 0 Å². The van der Waals surface area contributed by atoms with E-state index in [2.05, 4.69) is 25.5 Å². The minimum atomic E-state index is -0.600. The molecule has 0 spiro atoms. The first-order valence-corrected chi connectivity index (χ1v) is 9.27. The number of rotatable bonds is 4. The summed E-state index contributed by atoms with van der Waals surface area (Å²) < 4.78 is 13.8. The number of hydrogen-bond donors (Lipinski definition) is 1. The monoisotopic (exact) mass is 393 g/mol. The number of nitrogens with one attached hydrogen (secondary N) is 1. The van der Waals surface area contributed by atoms with Gasteiger partial charge in [-0.2, -0.15) is 0 Å². The Labute approximate surface area is 167 Å². The summed E-state index contributed by atoms with van der Waals surface area (Å²) in [6.07, 6.45) is 4.21. The molecule has 0 unspecified atom stereocenters. The molecule has 4 heterocycles.